The zero-order chi connectivity index (χ0) is 46.9. The lowest BCUT2D eigenvalue weighted by atomic mass is 9.96. The number of methoxy groups -OCH3 is 1. The van der Waals surface area contributed by atoms with Gasteiger partial charge in [0.25, 0.3) is 0 Å². The highest BCUT2D eigenvalue weighted by molar-refractivity contribution is 5.89. The van der Waals surface area contributed by atoms with Gasteiger partial charge in [0, 0.05) is 30.6 Å². The van der Waals surface area contributed by atoms with Gasteiger partial charge in [0.15, 0.2) is 0 Å². The molecule has 1 heterocycles. The largest absolute Gasteiger partial charge is 0.491 e. The highest BCUT2D eigenvalue weighted by atomic mass is 16.6. The predicted molar refractivity (Wildman–Crippen MR) is 244 cm³/mol. The van der Waals surface area contributed by atoms with Crippen LogP contribution in [-0.4, -0.2) is 121 Å². The fraction of sp³-hybridized carbons (Fsp3) is 0.468. The molecule has 1 aromatic heterocycles. The number of aromatic nitrogens is 1. The Hall–Kier alpha value is -6.30. The first-order valence-corrected chi connectivity index (χ1v) is 21.5. The molecule has 2 N–H and O–H groups in total. The second-order valence-corrected chi connectivity index (χ2v) is 15.7. The van der Waals surface area contributed by atoms with E-state index in [0.29, 0.717) is 83.1 Å². The van der Waals surface area contributed by atoms with E-state index < -0.39 is 29.6 Å². The van der Waals surface area contributed by atoms with Crippen LogP contribution in [-0.2, 0) is 42.8 Å². The van der Waals surface area contributed by atoms with E-state index >= 15 is 0 Å². The topological polar surface area (TPSA) is 222 Å². The number of nitrogens with one attached hydrogen (secondary N) is 2. The zero-order valence-corrected chi connectivity index (χ0v) is 37.9. The summed E-state index contributed by atoms with van der Waals surface area (Å²) in [5, 5.41) is 10.9. The molecule has 350 valence electrons. The SMILES string of the molecule is COC(=O)C[C@H](NC(=O)CNC(=O)CCCN(C(=O)OC(C)(C)C)c1cc(C)ccn1)c1cccc(-c2ccc3cc(OCCOCCOCCOCCOCCN=[N+]=[N-])ccc3c2)c1. The fourth-order valence-electron chi connectivity index (χ4n) is 6.26. The number of carbonyl (C=O) groups excluding carboxylic acids is 4. The van der Waals surface area contributed by atoms with Crippen LogP contribution in [0.4, 0.5) is 10.6 Å². The molecule has 18 heteroatoms. The first-order chi connectivity index (χ1) is 31.3. The van der Waals surface area contributed by atoms with Crippen molar-refractivity contribution in [2.45, 2.75) is 58.6 Å². The summed E-state index contributed by atoms with van der Waals surface area (Å²) in [4.78, 5) is 59.8. The molecule has 18 nitrogen and oxygen atoms in total. The van der Waals surface area contributed by atoms with Crippen LogP contribution in [0.5, 0.6) is 5.75 Å². The zero-order valence-electron chi connectivity index (χ0n) is 37.9. The lowest BCUT2D eigenvalue weighted by molar-refractivity contribution is -0.141. The van der Waals surface area contributed by atoms with Gasteiger partial charge in [0.1, 0.15) is 23.8 Å². The van der Waals surface area contributed by atoms with Crippen LogP contribution < -0.4 is 20.3 Å². The molecule has 0 saturated heterocycles. The fourth-order valence-corrected chi connectivity index (χ4v) is 6.26. The molecule has 0 aliphatic rings. The van der Waals surface area contributed by atoms with Crippen molar-refractivity contribution in [2.24, 2.45) is 5.11 Å². The number of ether oxygens (including phenoxy) is 7. The number of rotatable bonds is 28. The molecule has 4 rings (SSSR count). The molecule has 4 aromatic rings. The summed E-state index contributed by atoms with van der Waals surface area (Å²) >= 11 is 0. The Morgan fingerprint density at radius 1 is 0.800 bits per heavy atom. The maximum atomic E-state index is 13.2. The molecular formula is C47H61N7O11. The molecule has 0 fully saturated rings. The third kappa shape index (κ3) is 19.5. The van der Waals surface area contributed by atoms with Gasteiger partial charge in [-0.25, -0.2) is 9.78 Å². The standard InChI is InChI=1S/C47H61N7O11/c1-34-15-16-49-42(28-34)54(46(58)65-47(2,3)4)18-7-10-43(55)50-33-44(56)52-41(32-45(57)59-5)39-9-6-8-35(30-39)36-11-12-38-31-40(14-13-37(38)29-36)64-27-26-63-25-24-62-23-22-61-21-20-60-19-17-51-53-48/h6,8-9,11-16,28-31,41H,7,10,17-27,32-33H2,1-5H3,(H,50,55)(H,52,56)/t41-/m0/s1. The second kappa shape index (κ2) is 27.8. The van der Waals surface area contributed by atoms with Crippen molar-refractivity contribution in [3.8, 4) is 16.9 Å². The average molecular weight is 900 g/mol. The molecule has 0 spiro atoms. The number of amides is 3. The maximum absolute atomic E-state index is 13.2. The summed E-state index contributed by atoms with van der Waals surface area (Å²) in [5.41, 5.74) is 10.9. The Morgan fingerprint density at radius 3 is 2.14 bits per heavy atom. The van der Waals surface area contributed by atoms with E-state index in [9.17, 15) is 19.2 Å². The molecule has 0 aliphatic carbocycles. The number of hydrogen-bond acceptors (Lipinski definition) is 13. The van der Waals surface area contributed by atoms with Gasteiger partial charge in [-0.15, -0.1) is 0 Å². The molecule has 1 atom stereocenters. The van der Waals surface area contributed by atoms with E-state index in [1.807, 2.05) is 67.6 Å². The number of esters is 1. The van der Waals surface area contributed by atoms with Crippen molar-refractivity contribution >= 4 is 40.5 Å². The molecule has 0 radical (unpaired) electrons. The van der Waals surface area contributed by atoms with Crippen molar-refractivity contribution in [3.63, 3.8) is 0 Å². The van der Waals surface area contributed by atoms with Crippen molar-refractivity contribution in [2.75, 3.05) is 91.1 Å². The number of azide groups is 1. The predicted octanol–water partition coefficient (Wildman–Crippen LogP) is 7.02. The molecule has 3 amide bonds. The van der Waals surface area contributed by atoms with Gasteiger partial charge in [-0.3, -0.25) is 19.3 Å². The van der Waals surface area contributed by atoms with Gasteiger partial charge in [-0.1, -0.05) is 41.5 Å². The van der Waals surface area contributed by atoms with Gasteiger partial charge in [0.2, 0.25) is 11.8 Å². The Labute approximate surface area is 379 Å². The van der Waals surface area contributed by atoms with Crippen LogP contribution in [0.15, 0.2) is 84.1 Å². The van der Waals surface area contributed by atoms with Crippen LogP contribution in [0, 0.1) is 6.92 Å². The molecule has 65 heavy (non-hydrogen) atoms. The highest BCUT2D eigenvalue weighted by Gasteiger charge is 2.25. The molecule has 0 bridgehead atoms. The number of nitrogens with zero attached hydrogens (tertiary/aromatic N) is 5. The van der Waals surface area contributed by atoms with Crippen LogP contribution >= 0.6 is 0 Å². The minimum atomic E-state index is -0.729. The second-order valence-electron chi connectivity index (χ2n) is 15.7. The summed E-state index contributed by atoms with van der Waals surface area (Å²) in [5.74, 6) is -0.249. The van der Waals surface area contributed by atoms with E-state index in [1.54, 1.807) is 33.0 Å². The van der Waals surface area contributed by atoms with E-state index in [4.69, 9.17) is 38.7 Å². The van der Waals surface area contributed by atoms with Crippen LogP contribution in [0.25, 0.3) is 32.3 Å². The van der Waals surface area contributed by atoms with Crippen LogP contribution in [0.2, 0.25) is 0 Å². The normalized spacial score (nSPS) is 11.6. The summed E-state index contributed by atoms with van der Waals surface area (Å²) in [6, 6.07) is 22.3. The monoisotopic (exact) mass is 899 g/mol. The van der Waals surface area contributed by atoms with Crippen molar-refractivity contribution in [3.05, 3.63) is 101 Å². The quantitative estimate of drug-likeness (QED) is 0.0193. The summed E-state index contributed by atoms with van der Waals surface area (Å²) in [6.07, 6.45) is 1.24. The first kappa shape index (κ1) is 51.3. The Kier molecular flexibility index (Phi) is 21.9. The maximum Gasteiger partial charge on any atom is 0.416 e. The number of carbonyl (C=O) groups is 4. The lowest BCUT2D eigenvalue weighted by Crippen LogP contribution is -2.40. The third-order valence-corrected chi connectivity index (χ3v) is 9.40. The van der Waals surface area contributed by atoms with E-state index in [2.05, 4.69) is 31.7 Å². The third-order valence-electron chi connectivity index (χ3n) is 9.40. The van der Waals surface area contributed by atoms with Gasteiger partial charge in [0.05, 0.1) is 79.0 Å². The van der Waals surface area contributed by atoms with E-state index in [-0.39, 0.29) is 38.3 Å². The van der Waals surface area contributed by atoms with Crippen LogP contribution in [0.3, 0.4) is 0 Å². The summed E-state index contributed by atoms with van der Waals surface area (Å²) in [6.45, 7) is 11.1. The molecular weight excluding hydrogens is 839 g/mol. The molecule has 0 saturated carbocycles. The number of aryl methyl sites for hydroxylation is 1. The first-order valence-electron chi connectivity index (χ1n) is 21.5. The number of anilines is 1. The Morgan fingerprint density at radius 2 is 1.46 bits per heavy atom. The molecule has 0 unspecified atom stereocenters. The Bertz CT molecular complexity index is 2190. The van der Waals surface area contributed by atoms with Gasteiger partial charge in [-0.2, -0.15) is 0 Å². The molecule has 3 aromatic carbocycles. The van der Waals surface area contributed by atoms with Crippen molar-refractivity contribution in [1.29, 1.82) is 0 Å². The number of fused-ring (bicyclic) bond motifs is 1. The minimum absolute atomic E-state index is 0.0408. The lowest BCUT2D eigenvalue weighted by Gasteiger charge is -2.27. The molecule has 0 aliphatic heterocycles. The van der Waals surface area contributed by atoms with Gasteiger partial charge in [-0.05, 0) is 109 Å². The number of pyridine rings is 1. The highest BCUT2D eigenvalue weighted by Crippen LogP contribution is 2.30. The van der Waals surface area contributed by atoms with E-state index in [1.165, 1.54) is 12.0 Å². The van der Waals surface area contributed by atoms with Crippen molar-refractivity contribution in [1.82, 2.24) is 15.6 Å². The Balaban J connectivity index is 1.23. The average Bonchev–Trinajstić information content (AvgIpc) is 3.28. The minimum Gasteiger partial charge on any atom is -0.491 e. The van der Waals surface area contributed by atoms with Gasteiger partial charge >= 0.3 is 12.1 Å². The van der Waals surface area contributed by atoms with Gasteiger partial charge < -0.3 is 43.8 Å². The number of benzene rings is 3. The summed E-state index contributed by atoms with van der Waals surface area (Å²) < 4.78 is 38.2. The summed E-state index contributed by atoms with van der Waals surface area (Å²) in [7, 11) is 1.28. The van der Waals surface area contributed by atoms with E-state index in [0.717, 1.165) is 27.5 Å². The van der Waals surface area contributed by atoms with Crippen molar-refractivity contribution < 1.29 is 52.3 Å². The van der Waals surface area contributed by atoms with Crippen LogP contribution in [0.1, 0.15) is 57.2 Å². The smallest absolute Gasteiger partial charge is 0.416 e. The number of hydrogen-bond donors (Lipinski definition) is 2.